The molecule has 1 aliphatic heterocycles. The Kier molecular flexibility index (Phi) is 14.7. The number of aromatic nitrogens is 10. The number of piperidine rings is 1. The molecule has 5 aromatic heterocycles. The first-order chi connectivity index (χ1) is 34.6. The van der Waals surface area contributed by atoms with E-state index in [1.54, 1.807) is 58.2 Å². The number of carbonyl (C=O) groups excluding carboxylic acids is 5. The van der Waals surface area contributed by atoms with Crippen molar-refractivity contribution in [2.24, 2.45) is 17.4 Å². The molecule has 0 aliphatic carbocycles. The maximum Gasteiger partial charge on any atom is 0.276 e. The molecule has 376 valence electrons. The van der Waals surface area contributed by atoms with Gasteiger partial charge in [0.05, 0.1) is 35.2 Å². The van der Waals surface area contributed by atoms with Gasteiger partial charge in [0.25, 0.3) is 17.7 Å². The van der Waals surface area contributed by atoms with E-state index in [9.17, 15) is 24.0 Å². The van der Waals surface area contributed by atoms with E-state index in [0.717, 1.165) is 5.69 Å². The lowest BCUT2D eigenvalue weighted by atomic mass is 9.97. The minimum Gasteiger partial charge on any atom is -0.494 e. The van der Waals surface area contributed by atoms with Crippen molar-refractivity contribution in [3.8, 4) is 23.3 Å². The number of likely N-dealkylation sites (tertiary alicyclic amines) is 1. The van der Waals surface area contributed by atoms with Gasteiger partial charge in [0.1, 0.15) is 46.2 Å². The Hall–Kier alpha value is -8.48. The molecule has 22 heteroatoms. The molecular formula is C50H59N15O7. The van der Waals surface area contributed by atoms with Gasteiger partial charge in [-0.3, -0.25) is 48.7 Å². The molecule has 0 unspecified atom stereocenters. The van der Waals surface area contributed by atoms with Gasteiger partial charge in [-0.25, -0.2) is 9.97 Å². The molecule has 6 N–H and O–H groups in total. The van der Waals surface area contributed by atoms with Crippen LogP contribution in [0.1, 0.15) is 116 Å². The summed E-state index contributed by atoms with van der Waals surface area (Å²) in [5.74, 6) is 5.25. The smallest absolute Gasteiger partial charge is 0.276 e. The molecule has 5 amide bonds. The fraction of sp³-hybridized carbons (Fsp3) is 0.400. The van der Waals surface area contributed by atoms with Gasteiger partial charge in [0.2, 0.25) is 23.7 Å². The summed E-state index contributed by atoms with van der Waals surface area (Å²) < 4.78 is 20.7. The van der Waals surface area contributed by atoms with Crippen LogP contribution in [-0.2, 0) is 32.7 Å². The van der Waals surface area contributed by atoms with E-state index >= 15 is 0 Å². The lowest BCUT2D eigenvalue weighted by Crippen LogP contribution is -2.39. The van der Waals surface area contributed by atoms with E-state index < -0.39 is 23.6 Å². The molecule has 0 saturated carbocycles. The second-order valence-corrected chi connectivity index (χ2v) is 17.5. The minimum atomic E-state index is -0.697. The number of carbonyl (C=O) groups is 5. The van der Waals surface area contributed by atoms with E-state index in [1.165, 1.54) is 13.2 Å². The van der Waals surface area contributed by atoms with Crippen molar-refractivity contribution in [2.45, 2.75) is 99.9 Å². The predicted octanol–water partition coefficient (Wildman–Crippen LogP) is 5.09. The van der Waals surface area contributed by atoms with Gasteiger partial charge in [-0.15, -0.1) is 0 Å². The summed E-state index contributed by atoms with van der Waals surface area (Å²) in [6.07, 6.45) is 2.36. The van der Waals surface area contributed by atoms with Gasteiger partial charge in [0, 0.05) is 62.9 Å². The molecular weight excluding hydrogens is 923 g/mol. The van der Waals surface area contributed by atoms with Crippen LogP contribution in [-0.4, -0.2) is 110 Å². The molecule has 6 heterocycles. The van der Waals surface area contributed by atoms with Crippen LogP contribution in [0.3, 0.4) is 0 Å². The number of nitrogens with two attached hydrogens (primary N) is 2. The third kappa shape index (κ3) is 10.4. The molecule has 1 fully saturated rings. The fourth-order valence-electron chi connectivity index (χ4n) is 9.09. The summed E-state index contributed by atoms with van der Waals surface area (Å²) in [6.45, 7) is 14.4. The number of amides is 5. The molecule has 0 spiro atoms. The van der Waals surface area contributed by atoms with Crippen LogP contribution in [0.5, 0.6) is 11.5 Å². The number of benzene rings is 2. The molecule has 22 nitrogen and oxygen atoms in total. The van der Waals surface area contributed by atoms with Crippen LogP contribution in [0.2, 0.25) is 0 Å². The standard InChI is InChI=1S/C50H59N15O7/c1-8-63-37(22-29(4)57-63)46(68)55-49-53-35-25-33(44(51)66)27-40(71-7)42(35)61(49)17-11-12-18-62-43-36(54-50(62)56-47(69)38-23-30(5)58-64(38)9-2)26-34(45(52)67)28-41(43)72-21-13-14-32-15-19-60(20-16-32)48(70)39-24-31(6)59-65(39)10-3/h22-28,32H,8-12,15-21H2,1-7H3,(H2,51,66)(H2,52,67)(H,53,55,68)(H,54,56,69). The Morgan fingerprint density at radius 1 is 0.653 bits per heavy atom. The topological polar surface area (TPSA) is 272 Å². The monoisotopic (exact) mass is 981 g/mol. The quantitative estimate of drug-likeness (QED) is 0.0647. The summed E-state index contributed by atoms with van der Waals surface area (Å²) in [4.78, 5) is 77.5. The zero-order chi connectivity index (χ0) is 51.4. The summed E-state index contributed by atoms with van der Waals surface area (Å²) >= 11 is 0. The van der Waals surface area contributed by atoms with E-state index in [2.05, 4.69) is 37.8 Å². The van der Waals surface area contributed by atoms with Crippen molar-refractivity contribution in [2.75, 3.05) is 37.4 Å². The number of imidazole rings is 2. The van der Waals surface area contributed by atoms with Crippen molar-refractivity contribution < 1.29 is 33.4 Å². The highest BCUT2D eigenvalue weighted by molar-refractivity contribution is 6.05. The number of ether oxygens (including phenoxy) is 2. The summed E-state index contributed by atoms with van der Waals surface area (Å²) in [5, 5.41) is 19.2. The fourth-order valence-corrected chi connectivity index (χ4v) is 9.09. The second kappa shape index (κ2) is 21.3. The summed E-state index contributed by atoms with van der Waals surface area (Å²) in [6, 6.07) is 11.4. The average Bonchev–Trinajstić information content (AvgIpc) is 4.20. The Morgan fingerprint density at radius 3 is 1.56 bits per heavy atom. The number of anilines is 2. The van der Waals surface area contributed by atoms with E-state index in [0.29, 0.717) is 121 Å². The van der Waals surface area contributed by atoms with E-state index in [-0.39, 0.29) is 53.7 Å². The van der Waals surface area contributed by atoms with Gasteiger partial charge in [0.15, 0.2) is 0 Å². The number of unbranched alkanes of at least 4 members (excludes halogenated alkanes) is 1. The van der Waals surface area contributed by atoms with Crippen LogP contribution in [0, 0.1) is 38.5 Å². The zero-order valence-electron chi connectivity index (χ0n) is 41.5. The lowest BCUT2D eigenvalue weighted by molar-refractivity contribution is 0.0694. The average molecular weight is 982 g/mol. The number of nitrogens with zero attached hydrogens (tertiary/aromatic N) is 11. The van der Waals surface area contributed by atoms with Gasteiger partial charge in [-0.1, -0.05) is 11.8 Å². The third-order valence-electron chi connectivity index (χ3n) is 12.5. The number of aryl methyl sites for hydroxylation is 8. The number of primary amides is 2. The maximum absolute atomic E-state index is 14.0. The highest BCUT2D eigenvalue weighted by Crippen LogP contribution is 2.34. The molecule has 0 bridgehead atoms. The normalized spacial score (nSPS) is 12.8. The maximum atomic E-state index is 14.0. The predicted molar refractivity (Wildman–Crippen MR) is 268 cm³/mol. The third-order valence-corrected chi connectivity index (χ3v) is 12.5. The number of methoxy groups -OCH3 is 1. The van der Waals surface area contributed by atoms with Crippen LogP contribution >= 0.6 is 0 Å². The van der Waals surface area contributed by atoms with E-state index in [1.807, 2.05) is 47.8 Å². The van der Waals surface area contributed by atoms with Gasteiger partial charge in [-0.2, -0.15) is 15.3 Å². The Balaban J connectivity index is 1.07. The number of fused-ring (bicyclic) bond motifs is 2. The zero-order valence-corrected chi connectivity index (χ0v) is 41.5. The van der Waals surface area contributed by atoms with Crippen LogP contribution in [0.15, 0.2) is 42.5 Å². The highest BCUT2D eigenvalue weighted by Gasteiger charge is 2.27. The number of hydrogen-bond donors (Lipinski definition) is 4. The van der Waals surface area contributed by atoms with Crippen LogP contribution in [0.4, 0.5) is 11.9 Å². The van der Waals surface area contributed by atoms with E-state index in [4.69, 9.17) is 30.9 Å². The molecule has 1 aliphatic rings. The lowest BCUT2D eigenvalue weighted by Gasteiger charge is -2.29. The molecule has 2 aromatic carbocycles. The van der Waals surface area contributed by atoms with Crippen molar-refractivity contribution in [1.82, 2.24) is 53.3 Å². The van der Waals surface area contributed by atoms with Crippen molar-refractivity contribution >= 4 is 63.5 Å². The molecule has 8 rings (SSSR count). The SMILES string of the molecule is CCn1nc(C)cc1C(=O)Nc1nc2cc(C(N)=O)cc(OC)c2n1CCCCn1c(NC(=O)c2cc(C)nn2CC)nc2cc(C(N)=O)cc(OCC#CC3CCN(C(=O)c4cc(C)nn4CC)CC3)c21. The number of rotatable bonds is 18. The molecule has 0 radical (unpaired) electrons. The second-order valence-electron chi connectivity index (χ2n) is 17.5. The number of hydrogen-bond acceptors (Lipinski definition) is 12. The van der Waals surface area contributed by atoms with Crippen molar-refractivity contribution in [3.63, 3.8) is 0 Å². The molecule has 1 saturated heterocycles. The Bertz CT molecular complexity index is 3300. The first-order valence-electron chi connectivity index (χ1n) is 24.0. The van der Waals surface area contributed by atoms with Gasteiger partial charge < -0.3 is 35.0 Å². The van der Waals surface area contributed by atoms with Crippen LogP contribution < -0.4 is 31.6 Å². The summed E-state index contributed by atoms with van der Waals surface area (Å²) in [5.41, 5.74) is 17.0. The minimum absolute atomic E-state index is 0.0344. The Morgan fingerprint density at radius 2 is 1.10 bits per heavy atom. The first-order valence-corrected chi connectivity index (χ1v) is 24.0. The van der Waals surface area contributed by atoms with Gasteiger partial charge in [-0.05, 0) is 110 Å². The first kappa shape index (κ1) is 49.9. The van der Waals surface area contributed by atoms with Crippen molar-refractivity contribution in [3.05, 3.63) is 87.8 Å². The van der Waals surface area contributed by atoms with Crippen LogP contribution in [0.25, 0.3) is 22.1 Å². The number of nitrogens with one attached hydrogen (secondary N) is 2. The molecule has 72 heavy (non-hydrogen) atoms. The molecule has 7 aromatic rings. The van der Waals surface area contributed by atoms with Gasteiger partial charge >= 0.3 is 0 Å². The van der Waals surface area contributed by atoms with Crippen molar-refractivity contribution in [1.29, 1.82) is 0 Å². The largest absolute Gasteiger partial charge is 0.494 e. The Labute approximate surface area is 415 Å². The molecule has 0 atom stereocenters. The highest BCUT2D eigenvalue weighted by atomic mass is 16.5. The summed E-state index contributed by atoms with van der Waals surface area (Å²) in [7, 11) is 1.47.